The van der Waals surface area contributed by atoms with Crippen LogP contribution in [0.25, 0.3) is 0 Å². The van der Waals surface area contributed by atoms with Gasteiger partial charge in [-0.05, 0) is 97.1 Å². The first kappa shape index (κ1) is 62.0. The summed E-state index contributed by atoms with van der Waals surface area (Å²) < 4.78 is 115. The average molecular weight is 1190 g/mol. The van der Waals surface area contributed by atoms with Crippen LogP contribution < -0.4 is 42.4 Å². The highest BCUT2D eigenvalue weighted by Crippen LogP contribution is 2.60. The van der Waals surface area contributed by atoms with Crippen molar-refractivity contribution in [2.75, 3.05) is 0 Å². The van der Waals surface area contributed by atoms with E-state index in [-0.39, 0.29) is 42.4 Å². The highest BCUT2D eigenvalue weighted by Gasteiger charge is 2.38. The van der Waals surface area contributed by atoms with E-state index in [1.165, 1.54) is 97.1 Å². The van der Waals surface area contributed by atoms with E-state index in [0.29, 0.717) is 0 Å². The molecule has 8 unspecified atom stereocenters. The Bertz CT molecular complexity index is 2800. The Hall–Kier alpha value is -4.88. The maximum atomic E-state index is 12.0. The van der Waals surface area contributed by atoms with Crippen molar-refractivity contribution in [3.05, 3.63) is 243 Å². The largest absolute Gasteiger partial charge is 0.366 e. The highest BCUT2D eigenvalue weighted by atomic mass is 31.3. The van der Waals surface area contributed by atoms with Crippen molar-refractivity contribution in [3.8, 4) is 0 Å². The van der Waals surface area contributed by atoms with Gasteiger partial charge in [-0.25, -0.2) is 17.2 Å². The number of hydrogen-bond donors (Lipinski definition) is 8. The zero-order chi connectivity index (χ0) is 55.7. The van der Waals surface area contributed by atoms with Gasteiger partial charge in [0.15, 0.2) is 0 Å². The van der Waals surface area contributed by atoms with Crippen LogP contribution in [-0.4, -0.2) is 39.1 Å². The normalized spacial score (nSPS) is 17.4. The second-order valence-corrected chi connectivity index (χ2v) is 30.2. The Kier molecular flexibility index (Phi) is 22.1. The summed E-state index contributed by atoms with van der Waals surface area (Å²) in [7, 11) is -34.8. The van der Waals surface area contributed by atoms with Crippen LogP contribution in [0.2, 0.25) is 0 Å². The van der Waals surface area contributed by atoms with Crippen LogP contribution >= 0.6 is 60.8 Å². The molecule has 0 aliphatic heterocycles. The van der Waals surface area contributed by atoms with Crippen molar-refractivity contribution >= 4 is 103 Å². The third kappa shape index (κ3) is 18.7. The summed E-state index contributed by atoms with van der Waals surface area (Å²) in [6, 6.07) is 60.0. The van der Waals surface area contributed by atoms with Gasteiger partial charge in [-0.1, -0.05) is 146 Å². The first-order valence-corrected chi connectivity index (χ1v) is 34.2. The summed E-state index contributed by atoms with van der Waals surface area (Å²) in [6.45, 7) is 0. The predicted octanol–water partition coefficient (Wildman–Crippen LogP) is 8.10. The van der Waals surface area contributed by atoms with Crippen LogP contribution in [0.5, 0.6) is 0 Å². The van der Waals surface area contributed by atoms with Crippen LogP contribution in [0, 0.1) is 0 Å². The minimum atomic E-state index is -4.34. The molecular weight excluding hydrogens is 1140 g/mol. The van der Waals surface area contributed by atoms with E-state index in [0.717, 1.165) is 0 Å². The summed E-state index contributed by atoms with van der Waals surface area (Å²) in [4.78, 5) is 78.3. The van der Waals surface area contributed by atoms with Crippen molar-refractivity contribution in [1.82, 2.24) is 0 Å². The zero-order valence-electron chi connectivity index (χ0n) is 39.1. The Morgan fingerprint density at radius 3 is 0.329 bits per heavy atom. The standard InChI is InChI=1S/4C12H12O5P2/c4*13-18(14,11-7-3-1-4-8-11)17-19(15,16)12-9-5-2-6-10-12/h4*1-10H,(H,13,14)(H,15,16). The van der Waals surface area contributed by atoms with Crippen LogP contribution in [0.3, 0.4) is 0 Å². The summed E-state index contributed by atoms with van der Waals surface area (Å²) in [5.74, 6) is 0. The second kappa shape index (κ2) is 27.1. The number of rotatable bonds is 16. The molecule has 20 nitrogen and oxygen atoms in total. The first-order valence-electron chi connectivity index (χ1n) is 21.6. The molecule has 76 heavy (non-hydrogen) atoms. The molecule has 0 aliphatic carbocycles. The molecule has 0 spiro atoms. The monoisotopic (exact) mass is 1190 g/mol. The Morgan fingerprint density at radius 2 is 0.250 bits per heavy atom. The van der Waals surface area contributed by atoms with Gasteiger partial charge >= 0.3 is 60.8 Å². The lowest BCUT2D eigenvalue weighted by atomic mass is 10.4. The van der Waals surface area contributed by atoms with Crippen molar-refractivity contribution in [1.29, 1.82) is 0 Å². The van der Waals surface area contributed by atoms with Crippen molar-refractivity contribution in [2.24, 2.45) is 0 Å². The fourth-order valence-electron chi connectivity index (χ4n) is 5.91. The zero-order valence-corrected chi connectivity index (χ0v) is 46.3. The molecule has 0 fully saturated rings. The van der Waals surface area contributed by atoms with E-state index in [4.69, 9.17) is 0 Å². The third-order valence-corrected chi connectivity index (χ3v) is 24.2. The molecule has 0 radical (unpaired) electrons. The molecule has 0 aliphatic rings. The molecule has 8 aromatic rings. The smallest absolute Gasteiger partial charge is 0.321 e. The van der Waals surface area contributed by atoms with Crippen LogP contribution in [-0.2, 0) is 53.8 Å². The molecule has 0 saturated heterocycles. The van der Waals surface area contributed by atoms with Crippen molar-refractivity contribution < 1.29 is 92.9 Å². The average Bonchev–Trinajstić information content (AvgIpc) is 3.40. The third-order valence-electron chi connectivity index (χ3n) is 9.55. The quantitative estimate of drug-likeness (QED) is 0.0423. The van der Waals surface area contributed by atoms with E-state index in [9.17, 15) is 75.7 Å². The molecule has 400 valence electrons. The van der Waals surface area contributed by atoms with Gasteiger partial charge in [-0.15, -0.1) is 0 Å². The van der Waals surface area contributed by atoms with E-state index in [1.807, 2.05) is 0 Å². The molecule has 28 heteroatoms. The van der Waals surface area contributed by atoms with Crippen LogP contribution in [0.15, 0.2) is 243 Å². The fraction of sp³-hybridized carbons (Fsp3) is 0. The lowest BCUT2D eigenvalue weighted by Crippen LogP contribution is -2.10. The van der Waals surface area contributed by atoms with Crippen LogP contribution in [0.4, 0.5) is 0 Å². The topological polar surface area (TPSA) is 335 Å². The van der Waals surface area contributed by atoms with Gasteiger partial charge in [0.25, 0.3) is 0 Å². The van der Waals surface area contributed by atoms with Gasteiger partial charge in [-0.3, -0.25) is 36.5 Å². The predicted molar refractivity (Wildman–Crippen MR) is 292 cm³/mol. The van der Waals surface area contributed by atoms with Gasteiger partial charge in [0.05, 0.1) is 42.4 Å². The molecule has 8 rings (SSSR count). The Morgan fingerprint density at radius 1 is 0.171 bits per heavy atom. The van der Waals surface area contributed by atoms with E-state index >= 15 is 0 Å². The van der Waals surface area contributed by atoms with Gasteiger partial charge < -0.3 is 39.1 Å². The molecule has 0 heterocycles. The maximum Gasteiger partial charge on any atom is 0.366 e. The van der Waals surface area contributed by atoms with E-state index < -0.39 is 60.8 Å². The van der Waals surface area contributed by atoms with Crippen molar-refractivity contribution in [2.45, 2.75) is 0 Å². The van der Waals surface area contributed by atoms with Gasteiger partial charge in [0.1, 0.15) is 0 Å². The molecular formula is C48H48O20P8. The highest BCUT2D eigenvalue weighted by molar-refractivity contribution is 7.75. The van der Waals surface area contributed by atoms with E-state index in [1.54, 1.807) is 146 Å². The first-order chi connectivity index (χ1) is 35.7. The Labute approximate surface area is 436 Å². The minimum absolute atomic E-state index is 0.0276. The lowest BCUT2D eigenvalue weighted by Gasteiger charge is -2.16. The molecule has 0 bridgehead atoms. The molecule has 0 amide bonds. The summed E-state index contributed by atoms with van der Waals surface area (Å²) >= 11 is 0. The van der Waals surface area contributed by atoms with Gasteiger partial charge in [0, 0.05) is 0 Å². The molecule has 0 aromatic heterocycles. The summed E-state index contributed by atoms with van der Waals surface area (Å²) in [5, 5.41) is -0.221. The summed E-state index contributed by atoms with van der Waals surface area (Å²) in [5.41, 5.74) is 0. The number of benzene rings is 8. The summed E-state index contributed by atoms with van der Waals surface area (Å²) in [6.07, 6.45) is 0. The van der Waals surface area contributed by atoms with Gasteiger partial charge in [-0.2, -0.15) is 0 Å². The Balaban J connectivity index is 0.000000187. The molecule has 8 N–H and O–H groups in total. The molecule has 0 saturated carbocycles. The van der Waals surface area contributed by atoms with Crippen LogP contribution in [0.1, 0.15) is 0 Å². The van der Waals surface area contributed by atoms with Gasteiger partial charge in [0.2, 0.25) is 0 Å². The second-order valence-electron chi connectivity index (χ2n) is 15.2. The fourth-order valence-corrected chi connectivity index (χ4v) is 18.1. The minimum Gasteiger partial charge on any atom is -0.321 e. The lowest BCUT2D eigenvalue weighted by molar-refractivity contribution is 0.346. The SMILES string of the molecule is O=P(O)(OP(=O)(O)c1ccccc1)c1ccccc1.O=P(O)(OP(=O)(O)c1ccccc1)c1ccccc1.O=P(O)(OP(=O)(O)c1ccccc1)c1ccccc1.O=P(O)(OP(=O)(O)c1ccccc1)c1ccccc1. The maximum absolute atomic E-state index is 12.0. The number of hydrogen-bond acceptors (Lipinski definition) is 12. The molecule has 8 atom stereocenters. The van der Waals surface area contributed by atoms with Crippen molar-refractivity contribution in [3.63, 3.8) is 0 Å². The molecule has 8 aromatic carbocycles. The van der Waals surface area contributed by atoms with E-state index in [2.05, 4.69) is 17.2 Å².